The van der Waals surface area contributed by atoms with E-state index in [0.717, 1.165) is 23.1 Å². The molecule has 0 aliphatic heterocycles. The number of nitrogens with zero attached hydrogens (tertiary/aromatic N) is 2. The Balaban J connectivity index is 2.71. The van der Waals surface area contributed by atoms with Crippen LogP contribution in [0.3, 0.4) is 0 Å². The van der Waals surface area contributed by atoms with E-state index in [2.05, 4.69) is 34.4 Å². The molecule has 5 nitrogen and oxygen atoms in total. The molecule has 1 rings (SSSR count). The summed E-state index contributed by atoms with van der Waals surface area (Å²) in [5.41, 5.74) is 0. The van der Waals surface area contributed by atoms with Gasteiger partial charge in [-0.15, -0.1) is 0 Å². The lowest BCUT2D eigenvalue weighted by atomic mass is 10.4. The molecule has 0 amide bonds. The fraction of sp³-hybridized carbons (Fsp3) is 0.667. The Morgan fingerprint density at radius 3 is 2.72 bits per heavy atom. The quantitative estimate of drug-likeness (QED) is 0.755. The minimum absolute atomic E-state index is 0.380. The van der Waals surface area contributed by atoms with Crippen LogP contribution in [0.15, 0.2) is 6.07 Å². The van der Waals surface area contributed by atoms with Crippen molar-refractivity contribution in [3.63, 3.8) is 0 Å². The number of rotatable bonds is 8. The Kier molecular flexibility index (Phi) is 6.82. The van der Waals surface area contributed by atoms with E-state index < -0.39 is 0 Å². The Morgan fingerprint density at radius 1 is 1.39 bits per heavy atom. The van der Waals surface area contributed by atoms with Gasteiger partial charge >= 0.3 is 0 Å². The second-order valence-electron chi connectivity index (χ2n) is 3.94. The van der Waals surface area contributed by atoms with Crippen LogP contribution in [0.4, 0.5) is 11.6 Å². The molecule has 1 heterocycles. The van der Waals surface area contributed by atoms with E-state index in [9.17, 15) is 0 Å². The average Bonchev–Trinajstić information content (AvgIpc) is 2.36. The van der Waals surface area contributed by atoms with Crippen molar-refractivity contribution in [3.8, 4) is 0 Å². The van der Waals surface area contributed by atoms with Crippen molar-refractivity contribution in [1.82, 2.24) is 9.97 Å². The maximum absolute atomic E-state index is 5.07. The van der Waals surface area contributed by atoms with Crippen LogP contribution >= 0.6 is 11.8 Å². The Hall–Kier alpha value is -1.01. The molecular weight excluding hydrogens is 248 g/mol. The first-order valence-corrected chi connectivity index (χ1v) is 7.24. The third-order valence-electron chi connectivity index (χ3n) is 2.27. The van der Waals surface area contributed by atoms with Gasteiger partial charge in [-0.1, -0.05) is 6.92 Å². The molecule has 0 saturated heterocycles. The third kappa shape index (κ3) is 5.10. The Labute approximate surface area is 113 Å². The first-order chi connectivity index (χ1) is 8.69. The van der Waals surface area contributed by atoms with Gasteiger partial charge in [-0.05, 0) is 12.7 Å². The number of nitrogens with one attached hydrogen (secondary N) is 2. The minimum Gasteiger partial charge on any atom is -0.377 e. The average molecular weight is 270 g/mol. The fourth-order valence-corrected chi connectivity index (χ4v) is 2.15. The van der Waals surface area contributed by atoms with Crippen LogP contribution in [0, 0.1) is 0 Å². The van der Waals surface area contributed by atoms with Crippen LogP contribution < -0.4 is 10.6 Å². The van der Waals surface area contributed by atoms with Crippen molar-refractivity contribution in [2.75, 3.05) is 36.3 Å². The molecule has 0 fully saturated rings. The van der Waals surface area contributed by atoms with Crippen LogP contribution in [0.25, 0.3) is 0 Å². The van der Waals surface area contributed by atoms with E-state index in [1.165, 1.54) is 0 Å². The summed E-state index contributed by atoms with van der Waals surface area (Å²) >= 11 is 1.91. The largest absolute Gasteiger partial charge is 0.377 e. The summed E-state index contributed by atoms with van der Waals surface area (Å²) in [7, 11) is 3.49. The van der Waals surface area contributed by atoms with Gasteiger partial charge in [-0.3, -0.25) is 0 Å². The maximum Gasteiger partial charge on any atom is 0.158 e. The number of hydrogen-bond donors (Lipinski definition) is 2. The molecule has 0 radical (unpaired) electrons. The number of hydrogen-bond acceptors (Lipinski definition) is 6. The summed E-state index contributed by atoms with van der Waals surface area (Å²) in [6.45, 7) is 4.74. The number of thioether (sulfide) groups is 1. The van der Waals surface area contributed by atoms with Crippen LogP contribution in [-0.4, -0.2) is 41.7 Å². The Bertz CT molecular complexity index is 362. The van der Waals surface area contributed by atoms with E-state index in [0.29, 0.717) is 18.5 Å². The van der Waals surface area contributed by atoms with Gasteiger partial charge in [-0.2, -0.15) is 11.8 Å². The lowest BCUT2D eigenvalue weighted by molar-refractivity contribution is 0.178. The second-order valence-corrected chi connectivity index (χ2v) is 5.26. The molecule has 1 atom stereocenters. The second kappa shape index (κ2) is 8.16. The van der Waals surface area contributed by atoms with E-state index >= 15 is 0 Å². The third-order valence-corrected chi connectivity index (χ3v) is 3.41. The number of aromatic nitrogens is 2. The SMILES string of the molecule is CCSCC(C)Nc1cc(NC)nc(COC)n1. The van der Waals surface area contributed by atoms with Crippen molar-refractivity contribution in [2.45, 2.75) is 26.5 Å². The number of methoxy groups -OCH3 is 1. The maximum atomic E-state index is 5.07. The van der Waals surface area contributed by atoms with E-state index in [-0.39, 0.29) is 0 Å². The van der Waals surface area contributed by atoms with Gasteiger partial charge < -0.3 is 15.4 Å². The zero-order valence-electron chi connectivity index (χ0n) is 11.5. The van der Waals surface area contributed by atoms with E-state index in [1.54, 1.807) is 7.11 Å². The Morgan fingerprint density at radius 2 is 2.11 bits per heavy atom. The predicted molar refractivity (Wildman–Crippen MR) is 78.4 cm³/mol. The number of ether oxygens (including phenoxy) is 1. The normalized spacial score (nSPS) is 12.2. The first-order valence-electron chi connectivity index (χ1n) is 6.08. The van der Waals surface area contributed by atoms with Crippen molar-refractivity contribution < 1.29 is 4.74 Å². The standard InChI is InChI=1S/C12H22N4OS/c1-5-18-8-9(2)14-11-6-10(13-3)15-12(16-11)7-17-4/h6,9H,5,7-8H2,1-4H3,(H2,13,14,15,16). The van der Waals surface area contributed by atoms with Gasteiger partial charge in [0.15, 0.2) is 5.82 Å². The van der Waals surface area contributed by atoms with Gasteiger partial charge in [-0.25, -0.2) is 9.97 Å². The highest BCUT2D eigenvalue weighted by Crippen LogP contribution is 2.14. The van der Waals surface area contributed by atoms with Gasteiger partial charge in [0, 0.05) is 32.0 Å². The zero-order chi connectivity index (χ0) is 13.4. The van der Waals surface area contributed by atoms with Crippen molar-refractivity contribution in [2.24, 2.45) is 0 Å². The molecule has 1 aromatic rings. The summed E-state index contributed by atoms with van der Waals surface area (Å²) in [5.74, 6) is 4.52. The predicted octanol–water partition coefficient (Wildman–Crippen LogP) is 2.22. The lowest BCUT2D eigenvalue weighted by Gasteiger charge is -2.15. The molecule has 0 aliphatic carbocycles. The molecule has 18 heavy (non-hydrogen) atoms. The summed E-state index contributed by atoms with van der Waals surface area (Å²) in [6.07, 6.45) is 0. The molecule has 0 saturated carbocycles. The van der Waals surface area contributed by atoms with Gasteiger partial charge in [0.25, 0.3) is 0 Å². The summed E-state index contributed by atoms with van der Waals surface area (Å²) in [4.78, 5) is 8.74. The molecule has 0 bridgehead atoms. The van der Waals surface area contributed by atoms with Crippen LogP contribution in [0.2, 0.25) is 0 Å². The van der Waals surface area contributed by atoms with Gasteiger partial charge in [0.1, 0.15) is 18.2 Å². The van der Waals surface area contributed by atoms with E-state index in [1.807, 2.05) is 24.9 Å². The van der Waals surface area contributed by atoms with E-state index in [4.69, 9.17) is 4.74 Å². The first kappa shape index (κ1) is 15.0. The minimum atomic E-state index is 0.380. The zero-order valence-corrected chi connectivity index (χ0v) is 12.3. The summed E-state index contributed by atoms with van der Waals surface area (Å²) in [6, 6.07) is 2.29. The van der Waals surface area contributed by atoms with Crippen LogP contribution in [-0.2, 0) is 11.3 Å². The van der Waals surface area contributed by atoms with Crippen molar-refractivity contribution in [1.29, 1.82) is 0 Å². The summed E-state index contributed by atoms with van der Waals surface area (Å²) in [5, 5.41) is 6.41. The molecule has 0 aliphatic rings. The highest BCUT2D eigenvalue weighted by Gasteiger charge is 2.07. The topological polar surface area (TPSA) is 59.1 Å². The lowest BCUT2D eigenvalue weighted by Crippen LogP contribution is -2.19. The fourth-order valence-electron chi connectivity index (χ4n) is 1.48. The number of anilines is 2. The van der Waals surface area contributed by atoms with Gasteiger partial charge in [0.05, 0.1) is 0 Å². The molecule has 6 heteroatoms. The van der Waals surface area contributed by atoms with Crippen molar-refractivity contribution in [3.05, 3.63) is 11.9 Å². The van der Waals surface area contributed by atoms with Crippen LogP contribution in [0.1, 0.15) is 19.7 Å². The molecule has 2 N–H and O–H groups in total. The van der Waals surface area contributed by atoms with Crippen molar-refractivity contribution >= 4 is 23.4 Å². The highest BCUT2D eigenvalue weighted by atomic mass is 32.2. The molecular formula is C12H22N4OS. The van der Waals surface area contributed by atoms with Gasteiger partial charge in [0.2, 0.25) is 0 Å². The highest BCUT2D eigenvalue weighted by molar-refractivity contribution is 7.99. The van der Waals surface area contributed by atoms with Crippen LogP contribution in [0.5, 0.6) is 0 Å². The molecule has 0 spiro atoms. The molecule has 0 aromatic carbocycles. The molecule has 1 aromatic heterocycles. The summed E-state index contributed by atoms with van der Waals surface area (Å²) < 4.78 is 5.07. The monoisotopic (exact) mass is 270 g/mol. The smallest absolute Gasteiger partial charge is 0.158 e. The molecule has 1 unspecified atom stereocenters. The molecule has 102 valence electrons.